The van der Waals surface area contributed by atoms with Crippen molar-refractivity contribution in [3.8, 4) is 0 Å². The molecular formula is C14H16F3NO. The quantitative estimate of drug-likeness (QED) is 0.853. The first-order chi connectivity index (χ1) is 8.88. The lowest BCUT2D eigenvalue weighted by atomic mass is 9.65. The monoisotopic (exact) mass is 271 g/mol. The minimum absolute atomic E-state index is 0.108. The van der Waals surface area contributed by atoms with Gasteiger partial charge in [-0.25, -0.2) is 0 Å². The Bertz CT molecular complexity index is 472. The number of Topliss-reactive ketones (excluding diaryl/α,β-unsaturated/α-hetero) is 1. The molecule has 0 aromatic heterocycles. The fraction of sp³-hybridized carbons (Fsp3) is 0.500. The fourth-order valence-corrected chi connectivity index (χ4v) is 2.54. The van der Waals surface area contributed by atoms with Gasteiger partial charge in [0.25, 0.3) is 0 Å². The first kappa shape index (κ1) is 14.1. The van der Waals surface area contributed by atoms with Crippen molar-refractivity contribution >= 4 is 5.78 Å². The molecule has 2 N–H and O–H groups in total. The molecule has 0 aliphatic heterocycles. The molecule has 0 radical (unpaired) electrons. The number of carbonyl (C=O) groups is 1. The van der Waals surface area contributed by atoms with Gasteiger partial charge in [0, 0.05) is 12.0 Å². The summed E-state index contributed by atoms with van der Waals surface area (Å²) in [5.41, 5.74) is 4.27. The Morgan fingerprint density at radius 2 is 1.89 bits per heavy atom. The van der Waals surface area contributed by atoms with Crippen LogP contribution >= 0.6 is 0 Å². The van der Waals surface area contributed by atoms with E-state index in [1.807, 2.05) is 0 Å². The highest BCUT2D eigenvalue weighted by molar-refractivity contribution is 5.98. The lowest BCUT2D eigenvalue weighted by molar-refractivity contribution is -0.137. The van der Waals surface area contributed by atoms with Crippen molar-refractivity contribution in [1.82, 2.24) is 0 Å². The van der Waals surface area contributed by atoms with Crippen LogP contribution in [0.3, 0.4) is 0 Å². The highest BCUT2D eigenvalue weighted by atomic mass is 19.4. The summed E-state index contributed by atoms with van der Waals surface area (Å²) in [5.74, 6) is -0.460. The van der Waals surface area contributed by atoms with Gasteiger partial charge in [-0.1, -0.05) is 24.6 Å². The molecular weight excluding hydrogens is 255 g/mol. The van der Waals surface area contributed by atoms with E-state index in [9.17, 15) is 18.0 Å². The van der Waals surface area contributed by atoms with E-state index in [4.69, 9.17) is 5.73 Å². The van der Waals surface area contributed by atoms with Crippen LogP contribution in [-0.2, 0) is 6.18 Å². The molecule has 1 aromatic rings. The molecule has 0 spiro atoms. The van der Waals surface area contributed by atoms with Gasteiger partial charge in [0.1, 0.15) is 0 Å². The average molecular weight is 271 g/mol. The summed E-state index contributed by atoms with van der Waals surface area (Å²) in [6.07, 6.45) is -1.75. The summed E-state index contributed by atoms with van der Waals surface area (Å²) in [6, 6.07) is 4.94. The van der Waals surface area contributed by atoms with Crippen LogP contribution < -0.4 is 5.73 Å². The molecule has 0 atom stereocenters. The largest absolute Gasteiger partial charge is 0.417 e. The molecule has 1 fully saturated rings. The number of halogens is 3. The predicted molar refractivity (Wildman–Crippen MR) is 65.7 cm³/mol. The Balaban J connectivity index is 2.25. The van der Waals surface area contributed by atoms with Gasteiger partial charge in [-0.05, 0) is 30.9 Å². The first-order valence-corrected chi connectivity index (χ1v) is 6.27. The van der Waals surface area contributed by atoms with Gasteiger partial charge in [-0.3, -0.25) is 4.79 Å². The molecule has 5 heteroatoms. The zero-order valence-electron chi connectivity index (χ0n) is 10.5. The average Bonchev–Trinajstić information content (AvgIpc) is 2.32. The minimum atomic E-state index is -4.50. The SMILES string of the molecule is NCC1(CC(=O)c2ccccc2C(F)(F)F)CCC1. The Kier molecular flexibility index (Phi) is 3.67. The molecule has 2 nitrogen and oxygen atoms in total. The third-order valence-electron chi connectivity index (χ3n) is 3.92. The minimum Gasteiger partial charge on any atom is -0.330 e. The Morgan fingerprint density at radius 1 is 1.26 bits per heavy atom. The van der Waals surface area contributed by atoms with E-state index in [0.717, 1.165) is 25.3 Å². The molecule has 0 unspecified atom stereocenters. The van der Waals surface area contributed by atoms with Gasteiger partial charge in [-0.2, -0.15) is 13.2 Å². The van der Waals surface area contributed by atoms with Gasteiger partial charge < -0.3 is 5.73 Å². The summed E-state index contributed by atoms with van der Waals surface area (Å²) in [4.78, 5) is 12.1. The summed E-state index contributed by atoms with van der Waals surface area (Å²) in [5, 5.41) is 0. The lowest BCUT2D eigenvalue weighted by Crippen LogP contribution is -2.39. The van der Waals surface area contributed by atoms with Crippen LogP contribution in [0.25, 0.3) is 0 Å². The van der Waals surface area contributed by atoms with E-state index in [1.165, 1.54) is 18.2 Å². The van der Waals surface area contributed by atoms with Crippen molar-refractivity contribution in [3.63, 3.8) is 0 Å². The molecule has 0 amide bonds. The van der Waals surface area contributed by atoms with Crippen molar-refractivity contribution in [3.05, 3.63) is 35.4 Å². The Hall–Kier alpha value is -1.36. The Morgan fingerprint density at radius 3 is 2.37 bits per heavy atom. The number of benzene rings is 1. The highest BCUT2D eigenvalue weighted by Gasteiger charge is 2.40. The second-order valence-electron chi connectivity index (χ2n) is 5.20. The predicted octanol–water partition coefficient (Wildman–Crippen LogP) is 3.41. The molecule has 1 saturated carbocycles. The summed E-state index contributed by atoms with van der Waals surface area (Å²) in [6.45, 7) is 0.354. The van der Waals surface area contributed by atoms with Crippen molar-refractivity contribution in [1.29, 1.82) is 0 Å². The van der Waals surface area contributed by atoms with Crippen molar-refractivity contribution in [2.45, 2.75) is 31.9 Å². The number of rotatable bonds is 4. The Labute approximate surface area is 109 Å². The standard InChI is InChI=1S/C14H16F3NO/c15-14(16,17)11-5-2-1-4-10(11)12(19)8-13(9-18)6-3-7-13/h1-2,4-5H,3,6-9,18H2. The molecule has 0 bridgehead atoms. The third kappa shape index (κ3) is 2.81. The van der Waals surface area contributed by atoms with E-state index in [-0.39, 0.29) is 17.4 Å². The second-order valence-corrected chi connectivity index (χ2v) is 5.20. The molecule has 1 aliphatic rings. The van der Waals surface area contributed by atoms with E-state index >= 15 is 0 Å². The van der Waals surface area contributed by atoms with Gasteiger partial charge in [-0.15, -0.1) is 0 Å². The summed E-state index contributed by atoms with van der Waals surface area (Å²) < 4.78 is 38.5. The van der Waals surface area contributed by atoms with Gasteiger partial charge in [0.2, 0.25) is 0 Å². The van der Waals surface area contributed by atoms with Crippen LogP contribution in [-0.4, -0.2) is 12.3 Å². The molecule has 1 aliphatic carbocycles. The normalized spacial score (nSPS) is 17.9. The lowest BCUT2D eigenvalue weighted by Gasteiger charge is -2.40. The van der Waals surface area contributed by atoms with E-state index in [1.54, 1.807) is 0 Å². The maximum atomic E-state index is 12.8. The van der Waals surface area contributed by atoms with E-state index < -0.39 is 17.5 Å². The van der Waals surface area contributed by atoms with Crippen molar-refractivity contribution < 1.29 is 18.0 Å². The second kappa shape index (κ2) is 4.96. The van der Waals surface area contributed by atoms with Crippen LogP contribution in [0.15, 0.2) is 24.3 Å². The van der Waals surface area contributed by atoms with Gasteiger partial charge >= 0.3 is 6.18 Å². The smallest absolute Gasteiger partial charge is 0.330 e. The number of alkyl halides is 3. The number of ketones is 1. The third-order valence-corrected chi connectivity index (χ3v) is 3.92. The van der Waals surface area contributed by atoms with Crippen molar-refractivity contribution in [2.24, 2.45) is 11.1 Å². The van der Waals surface area contributed by atoms with E-state index in [2.05, 4.69) is 0 Å². The van der Waals surface area contributed by atoms with Crippen molar-refractivity contribution in [2.75, 3.05) is 6.54 Å². The highest BCUT2D eigenvalue weighted by Crippen LogP contribution is 2.44. The molecule has 1 aromatic carbocycles. The van der Waals surface area contributed by atoms with Crippen LogP contribution in [0, 0.1) is 5.41 Å². The van der Waals surface area contributed by atoms with Gasteiger partial charge in [0.15, 0.2) is 5.78 Å². The zero-order valence-corrected chi connectivity index (χ0v) is 10.5. The number of hydrogen-bond donors (Lipinski definition) is 1. The summed E-state index contributed by atoms with van der Waals surface area (Å²) >= 11 is 0. The first-order valence-electron chi connectivity index (χ1n) is 6.27. The molecule has 2 rings (SSSR count). The zero-order chi connectivity index (χ0) is 14.1. The van der Waals surface area contributed by atoms with Gasteiger partial charge in [0.05, 0.1) is 5.56 Å². The molecule has 19 heavy (non-hydrogen) atoms. The topological polar surface area (TPSA) is 43.1 Å². The van der Waals surface area contributed by atoms with Crippen LogP contribution in [0.4, 0.5) is 13.2 Å². The van der Waals surface area contributed by atoms with Crippen LogP contribution in [0.5, 0.6) is 0 Å². The number of hydrogen-bond acceptors (Lipinski definition) is 2. The molecule has 104 valence electrons. The number of nitrogens with two attached hydrogens (primary N) is 1. The number of carbonyl (C=O) groups excluding carboxylic acids is 1. The fourth-order valence-electron chi connectivity index (χ4n) is 2.54. The molecule has 0 saturated heterocycles. The molecule has 0 heterocycles. The van der Waals surface area contributed by atoms with Crippen LogP contribution in [0.2, 0.25) is 0 Å². The maximum absolute atomic E-state index is 12.8. The van der Waals surface area contributed by atoms with E-state index in [0.29, 0.717) is 6.54 Å². The van der Waals surface area contributed by atoms with Crippen LogP contribution in [0.1, 0.15) is 41.6 Å². The maximum Gasteiger partial charge on any atom is 0.417 e. The summed E-state index contributed by atoms with van der Waals surface area (Å²) in [7, 11) is 0.